The lowest BCUT2D eigenvalue weighted by Crippen LogP contribution is -2.32. The summed E-state index contributed by atoms with van der Waals surface area (Å²) in [5, 5.41) is 3.25. The molecule has 0 aromatic carbocycles. The molecule has 2 unspecified atom stereocenters. The number of piperidine rings is 1. The van der Waals surface area contributed by atoms with Gasteiger partial charge in [0, 0.05) is 10.9 Å². The molecule has 0 bridgehead atoms. The van der Waals surface area contributed by atoms with E-state index >= 15 is 0 Å². The van der Waals surface area contributed by atoms with Gasteiger partial charge in [-0.3, -0.25) is 0 Å². The number of hydrogen-bond donors (Lipinski definition) is 2. The quantitative estimate of drug-likeness (QED) is 0.848. The normalized spacial score (nSPS) is 29.8. The second-order valence-electron chi connectivity index (χ2n) is 4.60. The summed E-state index contributed by atoms with van der Waals surface area (Å²) in [6.45, 7) is 3.70. The Morgan fingerprint density at radius 1 is 1.44 bits per heavy atom. The summed E-state index contributed by atoms with van der Waals surface area (Å²) in [5.74, 6) is 0.985. The molecule has 8 heteroatoms. The number of rotatable bonds is 3. The summed E-state index contributed by atoms with van der Waals surface area (Å²) >= 11 is 4.77. The van der Waals surface area contributed by atoms with Gasteiger partial charge < -0.3 is 5.32 Å². The molecule has 0 spiro atoms. The molecule has 2 fully saturated rings. The van der Waals surface area contributed by atoms with Crippen molar-refractivity contribution in [2.75, 3.05) is 13.1 Å². The van der Waals surface area contributed by atoms with Gasteiger partial charge in [0.05, 0.1) is 8.68 Å². The predicted molar refractivity (Wildman–Crippen MR) is 78.0 cm³/mol. The molecule has 1 aromatic heterocycles. The minimum absolute atomic E-state index is 0. The molecular weight excluding hydrogens is 360 g/mol. The maximum atomic E-state index is 12.2. The standard InChI is InChI=1S/C10H13BrN2O2S2.ClH/c1-5-8(2-9(11)16-5)17(14,15)13-10-6-3-12-4-7(6)10;/h2,6-7,10,12-13H,3-4H2,1H3;1H. The van der Waals surface area contributed by atoms with E-state index in [2.05, 4.69) is 26.0 Å². The highest BCUT2D eigenvalue weighted by Crippen LogP contribution is 2.43. The van der Waals surface area contributed by atoms with Crippen molar-refractivity contribution in [1.82, 2.24) is 10.0 Å². The Morgan fingerprint density at radius 2 is 2.06 bits per heavy atom. The average Bonchev–Trinajstić information content (AvgIpc) is 2.68. The van der Waals surface area contributed by atoms with Gasteiger partial charge in [0.25, 0.3) is 0 Å². The van der Waals surface area contributed by atoms with Gasteiger partial charge in [-0.05, 0) is 53.8 Å². The molecule has 102 valence electrons. The monoisotopic (exact) mass is 372 g/mol. The van der Waals surface area contributed by atoms with Crippen LogP contribution >= 0.6 is 39.7 Å². The largest absolute Gasteiger partial charge is 0.316 e. The van der Waals surface area contributed by atoms with Crippen LogP contribution in [0.3, 0.4) is 0 Å². The number of sulfonamides is 1. The van der Waals surface area contributed by atoms with Crippen LogP contribution in [-0.4, -0.2) is 27.5 Å². The van der Waals surface area contributed by atoms with Gasteiger partial charge in [0.15, 0.2) is 0 Å². The SMILES string of the molecule is Cc1sc(Br)cc1S(=O)(=O)NC1C2CNCC21.Cl. The van der Waals surface area contributed by atoms with Crippen LogP contribution in [0.5, 0.6) is 0 Å². The third-order valence-electron chi connectivity index (χ3n) is 3.51. The molecule has 1 saturated carbocycles. The third-order valence-corrected chi connectivity index (χ3v) is 6.78. The van der Waals surface area contributed by atoms with E-state index in [0.717, 1.165) is 21.8 Å². The Hall–Kier alpha value is 0.340. The number of nitrogens with one attached hydrogen (secondary N) is 2. The zero-order valence-electron chi connectivity index (χ0n) is 9.64. The highest BCUT2D eigenvalue weighted by Gasteiger charge is 2.54. The lowest BCUT2D eigenvalue weighted by molar-refractivity contribution is 0.565. The Labute approximate surface area is 125 Å². The van der Waals surface area contributed by atoms with Crippen molar-refractivity contribution in [1.29, 1.82) is 0 Å². The van der Waals surface area contributed by atoms with Crippen molar-refractivity contribution in [3.05, 3.63) is 14.7 Å². The van der Waals surface area contributed by atoms with Crippen molar-refractivity contribution >= 4 is 49.7 Å². The first-order valence-corrected chi connectivity index (χ1v) is 8.57. The lowest BCUT2D eigenvalue weighted by atomic mass is 10.4. The number of thiophene rings is 1. The molecule has 0 amide bonds. The van der Waals surface area contributed by atoms with Crippen LogP contribution < -0.4 is 10.0 Å². The van der Waals surface area contributed by atoms with Crippen LogP contribution in [0.15, 0.2) is 14.7 Å². The smallest absolute Gasteiger partial charge is 0.241 e. The Kier molecular flexibility index (Phi) is 4.12. The summed E-state index contributed by atoms with van der Waals surface area (Å²) in [4.78, 5) is 1.24. The van der Waals surface area contributed by atoms with Crippen molar-refractivity contribution in [3.63, 3.8) is 0 Å². The highest BCUT2D eigenvalue weighted by atomic mass is 79.9. The second-order valence-corrected chi connectivity index (χ2v) is 8.92. The molecule has 3 rings (SSSR count). The van der Waals surface area contributed by atoms with Gasteiger partial charge in [-0.15, -0.1) is 23.7 Å². The number of halogens is 2. The first-order valence-electron chi connectivity index (χ1n) is 5.48. The maximum absolute atomic E-state index is 12.2. The van der Waals surface area contributed by atoms with E-state index in [1.807, 2.05) is 6.92 Å². The Bertz CT molecular complexity index is 550. The van der Waals surface area contributed by atoms with Crippen molar-refractivity contribution in [3.8, 4) is 0 Å². The summed E-state index contributed by atoms with van der Waals surface area (Å²) in [7, 11) is -3.35. The summed E-state index contributed by atoms with van der Waals surface area (Å²) in [5.41, 5.74) is 0. The van der Waals surface area contributed by atoms with E-state index in [-0.39, 0.29) is 18.4 Å². The minimum Gasteiger partial charge on any atom is -0.316 e. The van der Waals surface area contributed by atoms with Crippen molar-refractivity contribution in [2.24, 2.45) is 11.8 Å². The van der Waals surface area contributed by atoms with E-state index < -0.39 is 10.0 Å². The molecule has 4 nitrogen and oxygen atoms in total. The minimum atomic E-state index is -3.35. The molecule has 2 atom stereocenters. The zero-order valence-corrected chi connectivity index (χ0v) is 13.7. The van der Waals surface area contributed by atoms with Gasteiger partial charge in [0.1, 0.15) is 0 Å². The van der Waals surface area contributed by atoms with Gasteiger partial charge in [0.2, 0.25) is 10.0 Å². The molecule has 18 heavy (non-hydrogen) atoms. The average molecular weight is 374 g/mol. The number of fused-ring (bicyclic) bond motifs is 1. The molecule has 1 aromatic rings. The van der Waals surface area contributed by atoms with E-state index in [4.69, 9.17) is 0 Å². The predicted octanol–water partition coefficient (Wildman–Crippen LogP) is 1.74. The topological polar surface area (TPSA) is 58.2 Å². The molecule has 1 saturated heterocycles. The van der Waals surface area contributed by atoms with E-state index in [1.54, 1.807) is 6.07 Å². The van der Waals surface area contributed by atoms with E-state index in [1.165, 1.54) is 11.3 Å². The van der Waals surface area contributed by atoms with E-state index in [0.29, 0.717) is 16.7 Å². The van der Waals surface area contributed by atoms with Crippen LogP contribution in [0, 0.1) is 18.8 Å². The third kappa shape index (κ3) is 2.48. The van der Waals surface area contributed by atoms with Crippen molar-refractivity contribution in [2.45, 2.75) is 17.9 Å². The number of aryl methyl sites for hydroxylation is 1. The summed E-state index contributed by atoms with van der Waals surface area (Å²) < 4.78 is 28.1. The van der Waals surface area contributed by atoms with Crippen LogP contribution in [0.2, 0.25) is 0 Å². The van der Waals surface area contributed by atoms with Gasteiger partial charge >= 0.3 is 0 Å². The highest BCUT2D eigenvalue weighted by molar-refractivity contribution is 9.11. The molecular formula is C10H14BrClN2O2S2. The molecule has 1 aliphatic carbocycles. The lowest BCUT2D eigenvalue weighted by Gasteiger charge is -2.08. The summed E-state index contributed by atoms with van der Waals surface area (Å²) in [6.07, 6.45) is 0. The van der Waals surface area contributed by atoms with E-state index in [9.17, 15) is 8.42 Å². The fourth-order valence-electron chi connectivity index (χ4n) is 2.53. The maximum Gasteiger partial charge on any atom is 0.241 e. The van der Waals surface area contributed by atoms with Crippen LogP contribution in [0.4, 0.5) is 0 Å². The molecule has 1 aliphatic heterocycles. The van der Waals surface area contributed by atoms with Crippen LogP contribution in [-0.2, 0) is 10.0 Å². The first-order chi connectivity index (χ1) is 7.99. The molecule has 2 heterocycles. The van der Waals surface area contributed by atoms with Gasteiger partial charge in [-0.2, -0.15) is 0 Å². The second kappa shape index (κ2) is 5.03. The van der Waals surface area contributed by atoms with Crippen LogP contribution in [0.1, 0.15) is 4.88 Å². The number of hydrogen-bond acceptors (Lipinski definition) is 4. The van der Waals surface area contributed by atoms with Crippen LogP contribution in [0.25, 0.3) is 0 Å². The fourth-order valence-corrected chi connectivity index (χ4v) is 6.29. The van der Waals surface area contributed by atoms with Gasteiger partial charge in [-0.1, -0.05) is 0 Å². The van der Waals surface area contributed by atoms with Crippen molar-refractivity contribution < 1.29 is 8.42 Å². The molecule has 2 aliphatic rings. The Morgan fingerprint density at radius 3 is 2.56 bits per heavy atom. The first kappa shape index (κ1) is 14.7. The Balaban J connectivity index is 0.00000120. The molecule has 0 radical (unpaired) electrons. The molecule has 2 N–H and O–H groups in total. The fraction of sp³-hybridized carbons (Fsp3) is 0.600. The summed E-state index contributed by atoms with van der Waals surface area (Å²) in [6, 6.07) is 1.82. The zero-order chi connectivity index (χ0) is 12.2. The van der Waals surface area contributed by atoms with Gasteiger partial charge in [-0.25, -0.2) is 13.1 Å².